The Balaban J connectivity index is 1.89. The molecule has 0 radical (unpaired) electrons. The van der Waals surface area contributed by atoms with Gasteiger partial charge in [-0.05, 0) is 37.3 Å². The summed E-state index contributed by atoms with van der Waals surface area (Å²) >= 11 is 0. The van der Waals surface area contributed by atoms with E-state index in [4.69, 9.17) is 4.42 Å². The Morgan fingerprint density at radius 3 is 3.11 bits per heavy atom. The molecule has 0 bridgehead atoms. The monoisotopic (exact) mass is 250 g/mol. The van der Waals surface area contributed by atoms with E-state index in [1.807, 2.05) is 17.0 Å². The molecular weight excluding hydrogens is 228 g/mol. The molecule has 0 unspecified atom stereocenters. The lowest BCUT2D eigenvalue weighted by Crippen LogP contribution is -2.40. The highest BCUT2D eigenvalue weighted by molar-refractivity contribution is 5.74. The number of hydrogen-bond donors (Lipinski definition) is 1. The molecule has 0 aromatic carbocycles. The van der Waals surface area contributed by atoms with E-state index < -0.39 is 0 Å². The molecule has 1 aliphatic rings. The molecule has 2 amide bonds. The maximum atomic E-state index is 12.1. The van der Waals surface area contributed by atoms with Crippen molar-refractivity contribution in [2.45, 2.75) is 39.2 Å². The molecule has 0 saturated carbocycles. The molecule has 1 atom stereocenters. The standard InChI is InChI=1S/C14H22N2O2/c1-11(2)7-8-15-14(17)16-9-3-5-12(16)13-6-4-10-18-13/h4,6,10-12H,3,5,7-9H2,1-2H3,(H,15,17)/t12-/m0/s1. The highest BCUT2D eigenvalue weighted by atomic mass is 16.3. The second-order valence-corrected chi connectivity index (χ2v) is 5.28. The third-order valence-electron chi connectivity index (χ3n) is 3.38. The van der Waals surface area contributed by atoms with Crippen molar-refractivity contribution >= 4 is 6.03 Å². The fraction of sp³-hybridized carbons (Fsp3) is 0.643. The normalized spacial score (nSPS) is 19.5. The van der Waals surface area contributed by atoms with Crippen molar-refractivity contribution < 1.29 is 9.21 Å². The number of likely N-dealkylation sites (tertiary alicyclic amines) is 1. The molecule has 1 fully saturated rings. The number of hydrogen-bond acceptors (Lipinski definition) is 2. The SMILES string of the molecule is CC(C)CCNC(=O)N1CCC[C@H]1c1ccco1. The zero-order valence-corrected chi connectivity index (χ0v) is 11.2. The highest BCUT2D eigenvalue weighted by Gasteiger charge is 2.31. The van der Waals surface area contributed by atoms with Gasteiger partial charge in [0.15, 0.2) is 0 Å². The van der Waals surface area contributed by atoms with Gasteiger partial charge in [-0.15, -0.1) is 0 Å². The largest absolute Gasteiger partial charge is 0.467 e. The van der Waals surface area contributed by atoms with Gasteiger partial charge in [-0.1, -0.05) is 13.8 Å². The number of urea groups is 1. The first-order valence-corrected chi connectivity index (χ1v) is 6.76. The van der Waals surface area contributed by atoms with Crippen LogP contribution in [0.5, 0.6) is 0 Å². The Kier molecular flexibility index (Phi) is 4.28. The lowest BCUT2D eigenvalue weighted by atomic mass is 10.1. The quantitative estimate of drug-likeness (QED) is 0.892. The van der Waals surface area contributed by atoms with Gasteiger partial charge in [-0.3, -0.25) is 0 Å². The summed E-state index contributed by atoms with van der Waals surface area (Å²) < 4.78 is 5.42. The predicted octanol–water partition coefficient (Wildman–Crippen LogP) is 3.17. The minimum Gasteiger partial charge on any atom is -0.467 e. The summed E-state index contributed by atoms with van der Waals surface area (Å²) in [4.78, 5) is 14.0. The summed E-state index contributed by atoms with van der Waals surface area (Å²) in [6, 6.07) is 3.97. The molecule has 1 aromatic rings. The fourth-order valence-corrected chi connectivity index (χ4v) is 2.36. The molecule has 2 heterocycles. The van der Waals surface area contributed by atoms with E-state index in [2.05, 4.69) is 19.2 Å². The van der Waals surface area contributed by atoms with Crippen LogP contribution in [0, 0.1) is 5.92 Å². The highest BCUT2D eigenvalue weighted by Crippen LogP contribution is 2.31. The van der Waals surface area contributed by atoms with E-state index in [0.29, 0.717) is 5.92 Å². The van der Waals surface area contributed by atoms with Crippen LogP contribution in [0.3, 0.4) is 0 Å². The van der Waals surface area contributed by atoms with Crippen molar-refractivity contribution in [1.29, 1.82) is 0 Å². The van der Waals surface area contributed by atoms with Gasteiger partial charge in [-0.25, -0.2) is 4.79 Å². The van der Waals surface area contributed by atoms with E-state index in [1.54, 1.807) is 6.26 Å². The van der Waals surface area contributed by atoms with Crippen molar-refractivity contribution in [2.75, 3.05) is 13.1 Å². The van der Waals surface area contributed by atoms with Crippen LogP contribution >= 0.6 is 0 Å². The zero-order chi connectivity index (χ0) is 13.0. The van der Waals surface area contributed by atoms with Crippen LogP contribution in [-0.4, -0.2) is 24.0 Å². The Morgan fingerprint density at radius 1 is 1.61 bits per heavy atom. The van der Waals surface area contributed by atoms with Crippen molar-refractivity contribution in [3.63, 3.8) is 0 Å². The Morgan fingerprint density at radius 2 is 2.44 bits per heavy atom. The van der Waals surface area contributed by atoms with E-state index in [1.165, 1.54) is 0 Å². The number of furan rings is 1. The molecule has 1 aromatic heterocycles. The second-order valence-electron chi connectivity index (χ2n) is 5.28. The lowest BCUT2D eigenvalue weighted by Gasteiger charge is -2.23. The van der Waals surface area contributed by atoms with Crippen LogP contribution in [-0.2, 0) is 0 Å². The first-order valence-electron chi connectivity index (χ1n) is 6.76. The Bertz CT molecular complexity index is 373. The lowest BCUT2D eigenvalue weighted by molar-refractivity contribution is 0.185. The van der Waals surface area contributed by atoms with E-state index >= 15 is 0 Å². The van der Waals surface area contributed by atoms with E-state index in [0.717, 1.165) is 38.1 Å². The van der Waals surface area contributed by atoms with Gasteiger partial charge in [0, 0.05) is 13.1 Å². The smallest absolute Gasteiger partial charge is 0.318 e. The van der Waals surface area contributed by atoms with Crippen molar-refractivity contribution in [2.24, 2.45) is 5.92 Å². The van der Waals surface area contributed by atoms with Crippen LogP contribution in [0.1, 0.15) is 44.9 Å². The number of carbonyl (C=O) groups is 1. The average Bonchev–Trinajstić information content (AvgIpc) is 2.99. The predicted molar refractivity (Wildman–Crippen MR) is 70.2 cm³/mol. The van der Waals surface area contributed by atoms with Gasteiger partial charge < -0.3 is 14.6 Å². The van der Waals surface area contributed by atoms with Gasteiger partial charge in [0.2, 0.25) is 0 Å². The van der Waals surface area contributed by atoms with Crippen LogP contribution in [0.4, 0.5) is 4.79 Å². The summed E-state index contributed by atoms with van der Waals surface area (Å²) in [5.74, 6) is 1.51. The number of amides is 2. The molecule has 1 saturated heterocycles. The second kappa shape index (κ2) is 5.94. The average molecular weight is 250 g/mol. The maximum Gasteiger partial charge on any atom is 0.318 e. The molecule has 4 heteroatoms. The van der Waals surface area contributed by atoms with Gasteiger partial charge in [0.1, 0.15) is 5.76 Å². The molecule has 4 nitrogen and oxygen atoms in total. The number of nitrogens with zero attached hydrogens (tertiary/aromatic N) is 1. The molecule has 0 spiro atoms. The molecular formula is C14H22N2O2. The van der Waals surface area contributed by atoms with Gasteiger partial charge in [-0.2, -0.15) is 0 Å². The van der Waals surface area contributed by atoms with Crippen molar-refractivity contribution in [3.05, 3.63) is 24.2 Å². The minimum atomic E-state index is 0.0366. The summed E-state index contributed by atoms with van der Waals surface area (Å²) in [6.45, 7) is 5.89. The number of carbonyl (C=O) groups excluding carboxylic acids is 1. The molecule has 100 valence electrons. The third-order valence-corrected chi connectivity index (χ3v) is 3.38. The topological polar surface area (TPSA) is 45.5 Å². The van der Waals surface area contributed by atoms with Crippen LogP contribution in [0.2, 0.25) is 0 Å². The van der Waals surface area contributed by atoms with Crippen molar-refractivity contribution in [3.8, 4) is 0 Å². The van der Waals surface area contributed by atoms with Crippen LogP contribution < -0.4 is 5.32 Å². The van der Waals surface area contributed by atoms with Gasteiger partial charge in [0.25, 0.3) is 0 Å². The number of rotatable bonds is 4. The van der Waals surface area contributed by atoms with Crippen LogP contribution in [0.15, 0.2) is 22.8 Å². The summed E-state index contributed by atoms with van der Waals surface area (Å²) in [5, 5.41) is 2.99. The summed E-state index contributed by atoms with van der Waals surface area (Å²) in [6.07, 6.45) is 4.72. The third kappa shape index (κ3) is 3.06. The van der Waals surface area contributed by atoms with Gasteiger partial charge >= 0.3 is 6.03 Å². The molecule has 0 aliphatic carbocycles. The Labute approximate surface area is 108 Å². The molecule has 1 aliphatic heterocycles. The van der Waals surface area contributed by atoms with Crippen molar-refractivity contribution in [1.82, 2.24) is 10.2 Å². The minimum absolute atomic E-state index is 0.0366. The zero-order valence-electron chi connectivity index (χ0n) is 11.2. The van der Waals surface area contributed by atoms with Gasteiger partial charge in [0.05, 0.1) is 12.3 Å². The maximum absolute atomic E-state index is 12.1. The molecule has 2 rings (SSSR count). The summed E-state index contributed by atoms with van der Waals surface area (Å²) in [5.41, 5.74) is 0. The number of nitrogens with one attached hydrogen (secondary N) is 1. The molecule has 1 N–H and O–H groups in total. The first-order chi connectivity index (χ1) is 8.68. The summed E-state index contributed by atoms with van der Waals surface area (Å²) in [7, 11) is 0. The Hall–Kier alpha value is -1.45. The van der Waals surface area contributed by atoms with Crippen LogP contribution in [0.25, 0.3) is 0 Å². The fourth-order valence-electron chi connectivity index (χ4n) is 2.36. The first kappa shape index (κ1) is 13.0. The van der Waals surface area contributed by atoms with E-state index in [9.17, 15) is 4.79 Å². The molecule has 18 heavy (non-hydrogen) atoms. The van der Waals surface area contributed by atoms with E-state index in [-0.39, 0.29) is 12.1 Å².